The number of alkyl halides is 3. The van der Waals surface area contributed by atoms with Crippen molar-refractivity contribution in [1.29, 1.82) is 5.26 Å². The molecule has 1 aliphatic rings. The molecule has 0 saturated carbocycles. The van der Waals surface area contributed by atoms with Crippen molar-refractivity contribution in [3.63, 3.8) is 0 Å². The number of nitriles is 1. The van der Waals surface area contributed by atoms with Gasteiger partial charge in [-0.1, -0.05) is 0 Å². The van der Waals surface area contributed by atoms with Gasteiger partial charge in [0.05, 0.1) is 23.5 Å². The molecule has 0 aliphatic carbocycles. The number of amides is 1. The summed E-state index contributed by atoms with van der Waals surface area (Å²) in [6, 6.07) is 7.27. The van der Waals surface area contributed by atoms with E-state index >= 15 is 0 Å². The largest absolute Gasteiger partial charge is 0.481 e. The summed E-state index contributed by atoms with van der Waals surface area (Å²) in [4.78, 5) is 24.0. The second kappa shape index (κ2) is 6.87. The highest BCUT2D eigenvalue weighted by atomic mass is 35.5. The van der Waals surface area contributed by atoms with Crippen molar-refractivity contribution in [2.24, 2.45) is 11.8 Å². The third-order valence-electron chi connectivity index (χ3n) is 3.61. The van der Waals surface area contributed by atoms with Crippen LogP contribution in [-0.4, -0.2) is 41.1 Å². The number of hydrogen-bond donors (Lipinski definition) is 1. The van der Waals surface area contributed by atoms with Crippen LogP contribution < -0.4 is 0 Å². The molecule has 1 aliphatic heterocycles. The number of halogens is 4. The molecule has 1 saturated heterocycles. The van der Waals surface area contributed by atoms with E-state index in [-0.39, 0.29) is 18.0 Å². The van der Waals surface area contributed by atoms with Crippen LogP contribution in [0.25, 0.3) is 0 Å². The van der Waals surface area contributed by atoms with E-state index in [1.807, 2.05) is 6.07 Å². The van der Waals surface area contributed by atoms with Gasteiger partial charge < -0.3 is 10.0 Å². The Kier molecular flexibility index (Phi) is 5.61. The highest BCUT2D eigenvalue weighted by molar-refractivity contribution is 5.95. The first-order valence-corrected chi connectivity index (χ1v) is 6.33. The Balaban J connectivity index is 0.00000264. The van der Waals surface area contributed by atoms with Crippen LogP contribution in [0.1, 0.15) is 15.9 Å². The summed E-state index contributed by atoms with van der Waals surface area (Å²) in [5.74, 6) is -5.99. The van der Waals surface area contributed by atoms with E-state index in [2.05, 4.69) is 0 Å². The molecule has 0 radical (unpaired) electrons. The molecule has 1 heterocycles. The summed E-state index contributed by atoms with van der Waals surface area (Å²) in [5, 5.41) is 17.6. The van der Waals surface area contributed by atoms with Gasteiger partial charge in [0.15, 0.2) is 0 Å². The SMILES string of the molecule is Cl.N#Cc1ccc(C(=O)N2C[C@@H](C(F)(F)F)[C@H](C(=O)O)C2)cc1. The van der Waals surface area contributed by atoms with E-state index in [4.69, 9.17) is 10.4 Å². The van der Waals surface area contributed by atoms with Gasteiger partial charge in [0.1, 0.15) is 0 Å². The Labute approximate surface area is 135 Å². The number of hydrogen-bond acceptors (Lipinski definition) is 3. The molecule has 2 atom stereocenters. The average Bonchev–Trinajstić information content (AvgIpc) is 2.92. The minimum Gasteiger partial charge on any atom is -0.481 e. The first-order valence-electron chi connectivity index (χ1n) is 6.33. The van der Waals surface area contributed by atoms with Crippen molar-refractivity contribution in [2.75, 3.05) is 13.1 Å². The van der Waals surface area contributed by atoms with Crippen LogP contribution in [0.4, 0.5) is 13.2 Å². The monoisotopic (exact) mass is 348 g/mol. The molecule has 1 N–H and O–H groups in total. The Morgan fingerprint density at radius 1 is 1.22 bits per heavy atom. The van der Waals surface area contributed by atoms with Crippen molar-refractivity contribution in [3.05, 3.63) is 35.4 Å². The van der Waals surface area contributed by atoms with E-state index < -0.39 is 43.0 Å². The maximum absolute atomic E-state index is 12.9. The molecule has 1 aromatic carbocycles. The maximum atomic E-state index is 12.9. The number of carboxylic acid groups (broad SMARTS) is 1. The third kappa shape index (κ3) is 3.93. The lowest BCUT2D eigenvalue weighted by Gasteiger charge is -2.18. The molecular formula is C14H12ClF3N2O3. The van der Waals surface area contributed by atoms with Gasteiger partial charge in [-0.3, -0.25) is 9.59 Å². The summed E-state index contributed by atoms with van der Waals surface area (Å²) in [5.41, 5.74) is 0.431. The quantitative estimate of drug-likeness (QED) is 0.889. The molecule has 1 aromatic rings. The molecule has 23 heavy (non-hydrogen) atoms. The zero-order valence-electron chi connectivity index (χ0n) is 11.6. The predicted molar refractivity (Wildman–Crippen MR) is 75.0 cm³/mol. The summed E-state index contributed by atoms with van der Waals surface area (Å²) in [6.07, 6.45) is -4.68. The number of nitrogens with zero attached hydrogens (tertiary/aromatic N) is 2. The number of rotatable bonds is 2. The molecule has 0 bridgehead atoms. The van der Waals surface area contributed by atoms with Gasteiger partial charge in [-0.2, -0.15) is 18.4 Å². The van der Waals surface area contributed by atoms with Crippen LogP contribution >= 0.6 is 12.4 Å². The highest BCUT2D eigenvalue weighted by Gasteiger charge is 2.53. The molecule has 1 amide bonds. The molecule has 124 valence electrons. The van der Waals surface area contributed by atoms with E-state index in [0.717, 1.165) is 4.90 Å². The van der Waals surface area contributed by atoms with Crippen LogP contribution in [-0.2, 0) is 4.79 Å². The Hall–Kier alpha value is -2.27. The standard InChI is InChI=1S/C14H11F3N2O3.ClH/c15-14(16,17)11-7-19(6-10(11)13(21)22)12(20)9-3-1-8(5-18)2-4-9;/h1-4,10-11H,6-7H2,(H,21,22);1H/t10-,11-;/m1./s1. The van der Waals surface area contributed by atoms with Crippen molar-refractivity contribution < 1.29 is 27.9 Å². The summed E-state index contributed by atoms with van der Waals surface area (Å²) >= 11 is 0. The smallest absolute Gasteiger partial charge is 0.394 e. The lowest BCUT2D eigenvalue weighted by Crippen LogP contribution is -2.34. The fraction of sp³-hybridized carbons (Fsp3) is 0.357. The minimum atomic E-state index is -4.68. The van der Waals surface area contributed by atoms with E-state index in [1.165, 1.54) is 24.3 Å². The second-order valence-electron chi connectivity index (χ2n) is 4.99. The highest BCUT2D eigenvalue weighted by Crippen LogP contribution is 2.38. The topological polar surface area (TPSA) is 81.4 Å². The van der Waals surface area contributed by atoms with Crippen molar-refractivity contribution in [1.82, 2.24) is 4.90 Å². The fourth-order valence-corrected chi connectivity index (χ4v) is 2.42. The van der Waals surface area contributed by atoms with Gasteiger partial charge in [-0.15, -0.1) is 12.4 Å². The number of carbonyl (C=O) groups is 2. The number of likely N-dealkylation sites (tertiary alicyclic amines) is 1. The molecule has 0 aromatic heterocycles. The van der Waals surface area contributed by atoms with Gasteiger partial charge in [0, 0.05) is 18.7 Å². The van der Waals surface area contributed by atoms with Gasteiger partial charge in [-0.25, -0.2) is 0 Å². The molecule has 0 spiro atoms. The lowest BCUT2D eigenvalue weighted by molar-refractivity contribution is -0.187. The molecule has 0 unspecified atom stereocenters. The van der Waals surface area contributed by atoms with Crippen LogP contribution in [0.2, 0.25) is 0 Å². The number of aliphatic carboxylic acids is 1. The van der Waals surface area contributed by atoms with Crippen LogP contribution in [0.3, 0.4) is 0 Å². The van der Waals surface area contributed by atoms with E-state index in [9.17, 15) is 22.8 Å². The zero-order valence-corrected chi connectivity index (χ0v) is 12.4. The number of benzene rings is 1. The summed E-state index contributed by atoms with van der Waals surface area (Å²) in [6.45, 7) is -1.17. The Bertz CT molecular complexity index is 640. The molecule has 2 rings (SSSR count). The predicted octanol–water partition coefficient (Wildman–Crippen LogP) is 2.32. The van der Waals surface area contributed by atoms with Gasteiger partial charge >= 0.3 is 12.1 Å². The van der Waals surface area contributed by atoms with Crippen molar-refractivity contribution in [2.45, 2.75) is 6.18 Å². The zero-order chi connectivity index (χ0) is 16.5. The molecule has 5 nitrogen and oxygen atoms in total. The normalized spacial score (nSPS) is 20.5. The first kappa shape index (κ1) is 18.8. The van der Waals surface area contributed by atoms with Gasteiger partial charge in [0.2, 0.25) is 0 Å². The second-order valence-corrected chi connectivity index (χ2v) is 4.99. The number of carbonyl (C=O) groups excluding carboxylic acids is 1. The number of carboxylic acids is 1. The minimum absolute atomic E-state index is 0. The van der Waals surface area contributed by atoms with Crippen LogP contribution in [0.15, 0.2) is 24.3 Å². The van der Waals surface area contributed by atoms with E-state index in [1.54, 1.807) is 0 Å². The van der Waals surface area contributed by atoms with Crippen molar-refractivity contribution >= 4 is 24.3 Å². The Morgan fingerprint density at radius 3 is 2.17 bits per heavy atom. The first-order chi connectivity index (χ1) is 10.2. The Morgan fingerprint density at radius 2 is 1.78 bits per heavy atom. The fourth-order valence-electron chi connectivity index (χ4n) is 2.42. The van der Waals surface area contributed by atoms with Crippen LogP contribution in [0.5, 0.6) is 0 Å². The molecule has 1 fully saturated rings. The molecular weight excluding hydrogens is 337 g/mol. The lowest BCUT2D eigenvalue weighted by atomic mass is 9.96. The van der Waals surface area contributed by atoms with E-state index in [0.29, 0.717) is 5.56 Å². The third-order valence-corrected chi connectivity index (χ3v) is 3.61. The van der Waals surface area contributed by atoms with Crippen LogP contribution in [0, 0.1) is 23.2 Å². The summed E-state index contributed by atoms with van der Waals surface area (Å²) < 4.78 is 38.6. The summed E-state index contributed by atoms with van der Waals surface area (Å²) in [7, 11) is 0. The van der Waals surface area contributed by atoms with Gasteiger partial charge in [0.25, 0.3) is 5.91 Å². The van der Waals surface area contributed by atoms with Crippen molar-refractivity contribution in [3.8, 4) is 6.07 Å². The van der Waals surface area contributed by atoms with Gasteiger partial charge in [-0.05, 0) is 24.3 Å². The molecule has 9 heteroatoms. The average molecular weight is 349 g/mol. The maximum Gasteiger partial charge on any atom is 0.394 e.